The zero-order valence-electron chi connectivity index (χ0n) is 9.65. The fraction of sp³-hybridized carbons (Fsp3) is 0.727. The number of aliphatic hydroxyl groups excluding tert-OH is 1. The Morgan fingerprint density at radius 2 is 2.38 bits per heavy atom. The van der Waals surface area contributed by atoms with Crippen molar-refractivity contribution in [1.29, 1.82) is 0 Å². The molecule has 1 aromatic heterocycles. The number of nitrogens with zero attached hydrogens (tertiary/aromatic N) is 2. The van der Waals surface area contributed by atoms with Crippen molar-refractivity contribution in [3.05, 3.63) is 16.7 Å². The van der Waals surface area contributed by atoms with Gasteiger partial charge in [0.1, 0.15) is 0 Å². The molecule has 0 unspecified atom stereocenters. The Bertz CT molecular complexity index is 394. The maximum absolute atomic E-state index is 9.17. The van der Waals surface area contributed by atoms with Crippen molar-refractivity contribution in [1.82, 2.24) is 14.5 Å². The van der Waals surface area contributed by atoms with Crippen molar-refractivity contribution in [3.63, 3.8) is 0 Å². The quantitative estimate of drug-likeness (QED) is 0.742. The molecule has 0 spiro atoms. The van der Waals surface area contributed by atoms with E-state index in [2.05, 4.69) is 16.8 Å². The Morgan fingerprint density at radius 3 is 2.94 bits per heavy atom. The molecule has 2 N–H and O–H groups in total. The molecule has 0 aliphatic heterocycles. The van der Waals surface area contributed by atoms with Crippen LogP contribution < -0.4 is 0 Å². The molecule has 0 atom stereocenters. The highest BCUT2D eigenvalue weighted by atomic mass is 32.1. The van der Waals surface area contributed by atoms with Crippen LogP contribution in [-0.2, 0) is 13.2 Å². The van der Waals surface area contributed by atoms with Crippen LogP contribution in [0.4, 0.5) is 0 Å². The molecule has 90 valence electrons. The van der Waals surface area contributed by atoms with Crippen molar-refractivity contribution in [2.75, 3.05) is 13.1 Å². The van der Waals surface area contributed by atoms with E-state index in [1.165, 1.54) is 12.8 Å². The zero-order chi connectivity index (χ0) is 11.5. The van der Waals surface area contributed by atoms with E-state index in [1.807, 2.05) is 4.57 Å². The highest BCUT2D eigenvalue weighted by molar-refractivity contribution is 7.71. The molecule has 1 fully saturated rings. The van der Waals surface area contributed by atoms with Crippen LogP contribution in [-0.4, -0.2) is 38.7 Å². The Balaban J connectivity index is 1.97. The zero-order valence-corrected chi connectivity index (χ0v) is 10.5. The van der Waals surface area contributed by atoms with Gasteiger partial charge in [-0.3, -0.25) is 4.90 Å². The van der Waals surface area contributed by atoms with Gasteiger partial charge in [-0.2, -0.15) is 0 Å². The van der Waals surface area contributed by atoms with E-state index in [0.717, 1.165) is 31.4 Å². The third kappa shape index (κ3) is 2.53. The smallest absolute Gasteiger partial charge is 0.177 e. The summed E-state index contributed by atoms with van der Waals surface area (Å²) in [7, 11) is 0. The van der Waals surface area contributed by atoms with E-state index < -0.39 is 0 Å². The Labute approximate surface area is 101 Å². The summed E-state index contributed by atoms with van der Waals surface area (Å²) in [6.45, 7) is 5.21. The van der Waals surface area contributed by atoms with Crippen LogP contribution in [0.15, 0.2) is 6.20 Å². The average molecular weight is 241 g/mol. The molecule has 0 bridgehead atoms. The first-order chi connectivity index (χ1) is 7.76. The Morgan fingerprint density at radius 1 is 1.62 bits per heavy atom. The number of imidazole rings is 1. The lowest BCUT2D eigenvalue weighted by Crippen LogP contribution is -2.29. The van der Waals surface area contributed by atoms with Gasteiger partial charge in [0.05, 0.1) is 12.3 Å². The second kappa shape index (κ2) is 5.12. The number of hydrogen-bond acceptors (Lipinski definition) is 3. The lowest BCUT2D eigenvalue weighted by atomic mass is 10.4. The first-order valence-electron chi connectivity index (χ1n) is 5.88. The fourth-order valence-corrected chi connectivity index (χ4v) is 2.34. The largest absolute Gasteiger partial charge is 0.390 e. The number of H-pyrrole nitrogens is 1. The van der Waals surface area contributed by atoms with Crippen LogP contribution in [0.5, 0.6) is 0 Å². The predicted molar refractivity (Wildman–Crippen MR) is 65.8 cm³/mol. The highest BCUT2D eigenvalue weighted by Gasteiger charge is 2.27. The summed E-state index contributed by atoms with van der Waals surface area (Å²) in [6, 6.07) is 0.788. The molecule has 1 saturated carbocycles. The molecule has 4 nitrogen and oxygen atoms in total. The second-order valence-corrected chi connectivity index (χ2v) is 4.64. The highest BCUT2D eigenvalue weighted by Crippen LogP contribution is 2.26. The first kappa shape index (κ1) is 11.8. The first-order valence-corrected chi connectivity index (χ1v) is 6.29. The van der Waals surface area contributed by atoms with E-state index in [1.54, 1.807) is 6.20 Å². The molecule has 0 amide bonds. The van der Waals surface area contributed by atoms with E-state index >= 15 is 0 Å². The minimum Gasteiger partial charge on any atom is -0.390 e. The maximum atomic E-state index is 9.17. The molecule has 5 heteroatoms. The molecule has 16 heavy (non-hydrogen) atoms. The van der Waals surface area contributed by atoms with E-state index in [4.69, 9.17) is 12.2 Å². The number of aromatic nitrogens is 2. The Kier molecular flexibility index (Phi) is 3.78. The monoisotopic (exact) mass is 241 g/mol. The number of likely N-dealkylation sites (N-methyl/N-ethyl adjacent to an activating group) is 1. The van der Waals surface area contributed by atoms with Crippen molar-refractivity contribution >= 4 is 12.2 Å². The van der Waals surface area contributed by atoms with E-state index in [0.29, 0.717) is 4.77 Å². The molecular formula is C11H19N3OS. The molecule has 0 aromatic carbocycles. The van der Waals surface area contributed by atoms with Gasteiger partial charge in [-0.1, -0.05) is 6.92 Å². The molecule has 2 rings (SSSR count). The number of rotatable bonds is 6. The van der Waals surface area contributed by atoms with Gasteiger partial charge in [0.15, 0.2) is 4.77 Å². The minimum absolute atomic E-state index is 0.0443. The van der Waals surface area contributed by atoms with Crippen molar-refractivity contribution in [2.45, 2.75) is 39.0 Å². The van der Waals surface area contributed by atoms with Crippen LogP contribution in [0, 0.1) is 4.77 Å². The minimum atomic E-state index is 0.0443. The maximum Gasteiger partial charge on any atom is 0.177 e. The van der Waals surface area contributed by atoms with Gasteiger partial charge in [-0.15, -0.1) is 0 Å². The Hall–Kier alpha value is -0.650. The molecule has 1 aromatic rings. The summed E-state index contributed by atoms with van der Waals surface area (Å²) in [6.07, 6.45) is 4.45. The van der Waals surface area contributed by atoms with E-state index in [9.17, 15) is 5.11 Å². The molecule has 0 radical (unpaired) electrons. The second-order valence-electron chi connectivity index (χ2n) is 4.25. The van der Waals surface area contributed by atoms with Crippen LogP contribution >= 0.6 is 12.2 Å². The normalized spacial score (nSPS) is 15.9. The van der Waals surface area contributed by atoms with Crippen LogP contribution in [0.2, 0.25) is 0 Å². The SMILES string of the molecule is CCN(CCn1c(CO)c[nH]c1=S)C1CC1. The third-order valence-electron chi connectivity index (χ3n) is 3.20. The molecule has 1 aliphatic carbocycles. The van der Waals surface area contributed by atoms with Crippen LogP contribution in [0.3, 0.4) is 0 Å². The number of aromatic amines is 1. The molecular weight excluding hydrogens is 222 g/mol. The van der Waals surface area contributed by atoms with Gasteiger partial charge in [0, 0.05) is 25.3 Å². The summed E-state index contributed by atoms with van der Waals surface area (Å²) in [5.74, 6) is 0. The van der Waals surface area contributed by atoms with Crippen molar-refractivity contribution in [2.24, 2.45) is 0 Å². The summed E-state index contributed by atoms with van der Waals surface area (Å²) >= 11 is 5.19. The lowest BCUT2D eigenvalue weighted by Gasteiger charge is -2.20. The van der Waals surface area contributed by atoms with Gasteiger partial charge < -0.3 is 14.7 Å². The summed E-state index contributed by atoms with van der Waals surface area (Å²) in [4.78, 5) is 5.46. The van der Waals surface area contributed by atoms with Gasteiger partial charge in [0.25, 0.3) is 0 Å². The molecule has 0 saturated heterocycles. The topological polar surface area (TPSA) is 44.2 Å². The van der Waals surface area contributed by atoms with Gasteiger partial charge >= 0.3 is 0 Å². The van der Waals surface area contributed by atoms with Crippen molar-refractivity contribution in [3.8, 4) is 0 Å². The van der Waals surface area contributed by atoms with Crippen LogP contribution in [0.1, 0.15) is 25.5 Å². The summed E-state index contributed by atoms with van der Waals surface area (Å²) < 4.78 is 2.69. The summed E-state index contributed by atoms with van der Waals surface area (Å²) in [5, 5.41) is 9.17. The molecule has 1 heterocycles. The number of aliphatic hydroxyl groups is 1. The fourth-order valence-electron chi connectivity index (χ4n) is 2.07. The van der Waals surface area contributed by atoms with Crippen LogP contribution in [0.25, 0.3) is 0 Å². The average Bonchev–Trinajstić information content (AvgIpc) is 3.06. The van der Waals surface area contributed by atoms with Gasteiger partial charge in [-0.25, -0.2) is 0 Å². The van der Waals surface area contributed by atoms with Gasteiger partial charge in [-0.05, 0) is 31.6 Å². The van der Waals surface area contributed by atoms with Gasteiger partial charge in [0.2, 0.25) is 0 Å². The lowest BCUT2D eigenvalue weighted by molar-refractivity contribution is 0.249. The molecule has 1 aliphatic rings. The predicted octanol–water partition coefficient (Wildman–Crippen LogP) is 1.52. The summed E-state index contributed by atoms with van der Waals surface area (Å²) in [5.41, 5.74) is 0.872. The standard InChI is InChI=1S/C11H19N3OS/c1-2-13(9-3-4-9)5-6-14-10(8-15)7-12-11(14)16/h7,9,15H,2-6,8H2,1H3,(H,12,16). The van der Waals surface area contributed by atoms with E-state index in [-0.39, 0.29) is 6.61 Å². The number of nitrogens with one attached hydrogen (secondary N) is 1. The van der Waals surface area contributed by atoms with Crippen molar-refractivity contribution < 1.29 is 5.11 Å². The third-order valence-corrected chi connectivity index (χ3v) is 3.53. The number of hydrogen-bond donors (Lipinski definition) is 2.